The molecule has 1 heterocycles. The van der Waals surface area contributed by atoms with Gasteiger partial charge in [-0.3, -0.25) is 4.68 Å². The van der Waals surface area contributed by atoms with Crippen molar-refractivity contribution in [2.45, 2.75) is 19.4 Å². The van der Waals surface area contributed by atoms with Crippen molar-refractivity contribution in [3.8, 4) is 0 Å². The predicted molar refractivity (Wildman–Crippen MR) is 45.4 cm³/mol. The van der Waals surface area contributed by atoms with E-state index in [4.69, 9.17) is 15.3 Å². The number of hydrogen-bond donors (Lipinski definition) is 1. The van der Waals surface area contributed by atoms with E-state index in [-0.39, 0.29) is 12.2 Å². The smallest absolute Gasteiger partial charge is 0.324 e. The van der Waals surface area contributed by atoms with Crippen LogP contribution in [-0.2, 0) is 16.6 Å². The molecule has 0 saturated heterocycles. The van der Waals surface area contributed by atoms with Crippen LogP contribution in [0, 0.1) is 0 Å². The highest BCUT2D eigenvalue weighted by Gasteiger charge is 2.03. The van der Waals surface area contributed by atoms with Gasteiger partial charge in [-0.1, -0.05) is 6.92 Å². The number of nitrogens with zero attached hydrogens (tertiary/aromatic N) is 2. The third-order valence-electron chi connectivity index (χ3n) is 1.59. The molecule has 1 rings (SSSR count). The zero-order valence-corrected chi connectivity index (χ0v) is 7.73. The second-order valence-corrected chi connectivity index (χ2v) is 2.55. The Balaban J connectivity index is 0.000000424. The lowest BCUT2D eigenvalue weighted by molar-refractivity contribution is -0.191. The molecule has 0 aliphatic rings. The Bertz CT molecular complexity index is 277. The predicted octanol–water partition coefficient (Wildman–Crippen LogP) is 0.246. The van der Waals surface area contributed by atoms with Gasteiger partial charge in [0, 0.05) is 24.8 Å². The third kappa shape index (κ3) is 4.20. The maximum atomic E-state index is 8.12. The highest BCUT2D eigenvalue weighted by atomic mass is 16.2. The maximum Gasteiger partial charge on any atom is 0.373 e. The summed E-state index contributed by atoms with van der Waals surface area (Å²) in [5.74, 6) is 0. The minimum Gasteiger partial charge on any atom is -0.324 e. The van der Waals surface area contributed by atoms with Gasteiger partial charge in [-0.2, -0.15) is 14.7 Å². The molecule has 5 nitrogen and oxygen atoms in total. The molecule has 13 heavy (non-hydrogen) atoms. The van der Waals surface area contributed by atoms with Crippen molar-refractivity contribution < 1.29 is 9.59 Å². The Labute approximate surface area is 76.5 Å². The zero-order valence-electron chi connectivity index (χ0n) is 7.73. The van der Waals surface area contributed by atoms with Crippen LogP contribution in [0.4, 0.5) is 0 Å². The molecule has 0 aliphatic heterocycles. The Morgan fingerprint density at radius 2 is 2.23 bits per heavy atom. The number of aryl methyl sites for hydroxylation is 1. The highest BCUT2D eigenvalue weighted by molar-refractivity contribution is 5.20. The first-order valence-corrected chi connectivity index (χ1v) is 3.89. The topological polar surface area (TPSA) is 78.0 Å². The zero-order chi connectivity index (χ0) is 10.3. The quantitative estimate of drug-likeness (QED) is 0.712. The first-order valence-electron chi connectivity index (χ1n) is 3.89. The molecular formula is C8H13N3O2. The maximum absolute atomic E-state index is 8.12. The first kappa shape index (κ1) is 11.6. The van der Waals surface area contributed by atoms with Crippen molar-refractivity contribution >= 4 is 6.15 Å². The van der Waals surface area contributed by atoms with Gasteiger partial charge in [0.1, 0.15) is 0 Å². The monoisotopic (exact) mass is 183 g/mol. The number of hydrogen-bond acceptors (Lipinski definition) is 4. The average molecular weight is 183 g/mol. The fraction of sp³-hybridized carbons (Fsp3) is 0.500. The molecule has 1 atom stereocenters. The summed E-state index contributed by atoms with van der Waals surface area (Å²) >= 11 is 0. The molecular weight excluding hydrogens is 170 g/mol. The van der Waals surface area contributed by atoms with Gasteiger partial charge in [-0.05, 0) is 6.42 Å². The molecule has 0 aliphatic carbocycles. The molecule has 0 spiro atoms. The minimum absolute atomic E-state index is 0.147. The van der Waals surface area contributed by atoms with Crippen molar-refractivity contribution in [1.29, 1.82) is 0 Å². The normalized spacial score (nSPS) is 11.0. The van der Waals surface area contributed by atoms with E-state index in [1.165, 1.54) is 0 Å². The average Bonchev–Trinajstić information content (AvgIpc) is 2.52. The van der Waals surface area contributed by atoms with Crippen LogP contribution < -0.4 is 5.73 Å². The molecule has 2 N–H and O–H groups in total. The Kier molecular flexibility index (Phi) is 5.43. The molecule has 0 bridgehead atoms. The summed E-state index contributed by atoms with van der Waals surface area (Å²) in [6, 6.07) is 0.147. The molecule has 0 amide bonds. The SMILES string of the molecule is CCC(N)c1cnn(C)c1.O=C=O. The Hall–Kier alpha value is -1.45. The van der Waals surface area contributed by atoms with Crippen molar-refractivity contribution in [3.05, 3.63) is 18.0 Å². The number of rotatable bonds is 2. The van der Waals surface area contributed by atoms with Gasteiger partial charge in [0.15, 0.2) is 0 Å². The van der Waals surface area contributed by atoms with Gasteiger partial charge in [0.2, 0.25) is 0 Å². The summed E-state index contributed by atoms with van der Waals surface area (Å²) in [6.45, 7) is 2.07. The van der Waals surface area contributed by atoms with Crippen LogP contribution >= 0.6 is 0 Å². The molecule has 5 heteroatoms. The van der Waals surface area contributed by atoms with Crippen LogP contribution in [0.1, 0.15) is 24.9 Å². The van der Waals surface area contributed by atoms with Crippen molar-refractivity contribution in [3.63, 3.8) is 0 Å². The van der Waals surface area contributed by atoms with E-state index >= 15 is 0 Å². The molecule has 0 saturated carbocycles. The highest BCUT2D eigenvalue weighted by Crippen LogP contribution is 2.10. The lowest BCUT2D eigenvalue weighted by Gasteiger charge is -2.02. The summed E-state index contributed by atoms with van der Waals surface area (Å²) in [5, 5.41) is 4.02. The van der Waals surface area contributed by atoms with Crippen LogP contribution in [-0.4, -0.2) is 15.9 Å². The van der Waals surface area contributed by atoms with E-state index in [0.717, 1.165) is 12.0 Å². The van der Waals surface area contributed by atoms with Crippen molar-refractivity contribution in [2.75, 3.05) is 0 Å². The van der Waals surface area contributed by atoms with Gasteiger partial charge < -0.3 is 5.73 Å². The molecule has 1 aromatic rings. The summed E-state index contributed by atoms with van der Waals surface area (Å²) in [4.78, 5) is 16.2. The van der Waals surface area contributed by atoms with E-state index in [2.05, 4.69) is 12.0 Å². The molecule has 0 radical (unpaired) electrons. The summed E-state index contributed by atoms with van der Waals surface area (Å²) in [6.07, 6.45) is 4.98. The van der Waals surface area contributed by atoms with Crippen LogP contribution in [0.15, 0.2) is 12.4 Å². The van der Waals surface area contributed by atoms with Crippen molar-refractivity contribution in [2.24, 2.45) is 12.8 Å². The Morgan fingerprint density at radius 3 is 2.54 bits per heavy atom. The minimum atomic E-state index is 0.147. The lowest BCUT2D eigenvalue weighted by Crippen LogP contribution is -2.07. The summed E-state index contributed by atoms with van der Waals surface area (Å²) in [7, 11) is 1.89. The standard InChI is InChI=1S/C7H13N3.CO2/c1-3-7(8)6-4-9-10(2)5-6;2-1-3/h4-5,7H,3,8H2,1-2H3;. The third-order valence-corrected chi connectivity index (χ3v) is 1.59. The number of aromatic nitrogens is 2. The summed E-state index contributed by atoms with van der Waals surface area (Å²) in [5.41, 5.74) is 6.87. The second-order valence-electron chi connectivity index (χ2n) is 2.55. The molecule has 0 fully saturated rings. The summed E-state index contributed by atoms with van der Waals surface area (Å²) < 4.78 is 1.77. The largest absolute Gasteiger partial charge is 0.373 e. The number of carbonyl (C=O) groups excluding carboxylic acids is 2. The Morgan fingerprint density at radius 1 is 1.69 bits per heavy atom. The van der Waals surface area contributed by atoms with E-state index < -0.39 is 0 Å². The van der Waals surface area contributed by atoms with Crippen LogP contribution in [0.25, 0.3) is 0 Å². The van der Waals surface area contributed by atoms with Crippen LogP contribution in [0.2, 0.25) is 0 Å². The number of nitrogens with two attached hydrogens (primary N) is 1. The van der Waals surface area contributed by atoms with Gasteiger partial charge >= 0.3 is 6.15 Å². The van der Waals surface area contributed by atoms with Crippen LogP contribution in [0.3, 0.4) is 0 Å². The first-order chi connectivity index (χ1) is 6.15. The molecule has 1 aromatic heterocycles. The van der Waals surface area contributed by atoms with Gasteiger partial charge in [0.05, 0.1) is 6.20 Å². The molecule has 0 aromatic carbocycles. The molecule has 1 unspecified atom stereocenters. The van der Waals surface area contributed by atoms with Crippen LogP contribution in [0.5, 0.6) is 0 Å². The van der Waals surface area contributed by atoms with Gasteiger partial charge in [-0.25, -0.2) is 0 Å². The van der Waals surface area contributed by atoms with E-state index in [0.29, 0.717) is 0 Å². The van der Waals surface area contributed by atoms with Gasteiger partial charge in [0.25, 0.3) is 0 Å². The van der Waals surface area contributed by atoms with E-state index in [1.807, 2.05) is 19.4 Å². The van der Waals surface area contributed by atoms with Gasteiger partial charge in [-0.15, -0.1) is 0 Å². The van der Waals surface area contributed by atoms with E-state index in [1.54, 1.807) is 4.68 Å². The van der Waals surface area contributed by atoms with E-state index in [9.17, 15) is 0 Å². The van der Waals surface area contributed by atoms with Crippen molar-refractivity contribution in [1.82, 2.24) is 9.78 Å². The second kappa shape index (κ2) is 6.11. The fourth-order valence-corrected chi connectivity index (χ4v) is 0.867. The molecule has 72 valence electrons. The fourth-order valence-electron chi connectivity index (χ4n) is 0.867. The lowest BCUT2D eigenvalue weighted by atomic mass is 10.1.